The molecule has 0 aliphatic rings. The number of esters is 1. The van der Waals surface area contributed by atoms with Gasteiger partial charge in [0.2, 0.25) is 9.84 Å². The first kappa shape index (κ1) is 29.4. The minimum atomic E-state index is -3.75. The first-order valence-electron chi connectivity index (χ1n) is 12.8. The van der Waals surface area contributed by atoms with Crippen molar-refractivity contribution in [1.29, 1.82) is 0 Å². The highest BCUT2D eigenvalue weighted by atomic mass is 35.5. The zero-order valence-electron chi connectivity index (χ0n) is 22.3. The lowest BCUT2D eigenvalue weighted by Gasteiger charge is -2.31. The Kier molecular flexibility index (Phi) is 9.71. The quantitative estimate of drug-likeness (QED) is 0.185. The van der Waals surface area contributed by atoms with Crippen LogP contribution in [0, 0.1) is 0 Å². The van der Waals surface area contributed by atoms with Crippen molar-refractivity contribution in [1.82, 2.24) is 9.88 Å². The molecule has 1 N–H and O–H groups in total. The second-order valence-electron chi connectivity index (χ2n) is 9.56. The number of benzene rings is 3. The van der Waals surface area contributed by atoms with E-state index in [0.717, 1.165) is 11.1 Å². The average molecular weight is 579 g/mol. The van der Waals surface area contributed by atoms with E-state index in [4.69, 9.17) is 11.6 Å². The molecule has 0 spiro atoms. The van der Waals surface area contributed by atoms with Crippen LogP contribution in [0.5, 0.6) is 0 Å². The number of methoxy groups -OCH3 is 1. The molecule has 3 aromatic carbocycles. The van der Waals surface area contributed by atoms with Gasteiger partial charge in [0.1, 0.15) is 5.15 Å². The van der Waals surface area contributed by atoms with Crippen LogP contribution in [-0.2, 0) is 27.5 Å². The predicted molar refractivity (Wildman–Crippen MR) is 154 cm³/mol. The SMILES string of the molecule is COC(=O)c1ccc(S(=O)(=O)c2ccc(CC(C)N(Cc3ccccc3)CC(O)c3ccc(Cl)nc3)cc2)cc1. The largest absolute Gasteiger partial charge is 0.465 e. The standard InChI is InChI=1S/C31H31ClN2O5S/c1-22(34(20-24-6-4-3-5-7-24)21-29(35)26-12-17-30(32)33-19-26)18-23-8-13-27(14-9-23)40(37,38)28-15-10-25(11-16-28)31(36)39-2/h3-17,19,22,29,35H,18,20-21H2,1-2H3. The van der Waals surface area contributed by atoms with Gasteiger partial charge in [-0.15, -0.1) is 0 Å². The van der Waals surface area contributed by atoms with E-state index in [0.29, 0.717) is 30.2 Å². The summed E-state index contributed by atoms with van der Waals surface area (Å²) in [6.07, 6.45) is 1.47. The molecule has 1 heterocycles. The van der Waals surface area contributed by atoms with E-state index >= 15 is 0 Å². The number of ether oxygens (including phenoxy) is 1. The molecular formula is C31H31ClN2O5S. The van der Waals surface area contributed by atoms with E-state index in [-0.39, 0.29) is 21.4 Å². The number of carbonyl (C=O) groups excluding carboxylic acids is 1. The summed E-state index contributed by atoms with van der Waals surface area (Å²) in [5.74, 6) is -0.527. The maximum Gasteiger partial charge on any atom is 0.337 e. The van der Waals surface area contributed by atoms with Crippen LogP contribution < -0.4 is 0 Å². The molecule has 7 nitrogen and oxygen atoms in total. The van der Waals surface area contributed by atoms with Crippen molar-refractivity contribution < 1.29 is 23.1 Å². The summed E-state index contributed by atoms with van der Waals surface area (Å²) in [5, 5.41) is 11.3. The molecule has 0 saturated carbocycles. The summed E-state index contributed by atoms with van der Waals surface area (Å²) >= 11 is 5.91. The van der Waals surface area contributed by atoms with Gasteiger partial charge in [-0.25, -0.2) is 18.2 Å². The lowest BCUT2D eigenvalue weighted by Crippen LogP contribution is -2.37. The summed E-state index contributed by atoms with van der Waals surface area (Å²) in [6, 6.07) is 26.0. The smallest absolute Gasteiger partial charge is 0.337 e. The van der Waals surface area contributed by atoms with Gasteiger partial charge in [0.25, 0.3) is 0 Å². The summed E-state index contributed by atoms with van der Waals surface area (Å²) in [7, 11) is -2.48. The Morgan fingerprint density at radius 2 is 1.55 bits per heavy atom. The molecule has 4 aromatic rings. The topological polar surface area (TPSA) is 96.8 Å². The number of nitrogens with zero attached hydrogens (tertiary/aromatic N) is 2. The van der Waals surface area contributed by atoms with Gasteiger partial charge in [-0.1, -0.05) is 60.1 Å². The first-order chi connectivity index (χ1) is 19.2. The number of aromatic nitrogens is 1. The Balaban J connectivity index is 1.49. The van der Waals surface area contributed by atoms with Gasteiger partial charge in [-0.05, 0) is 66.9 Å². The molecule has 4 rings (SSSR count). The molecule has 40 heavy (non-hydrogen) atoms. The fourth-order valence-electron chi connectivity index (χ4n) is 4.43. The van der Waals surface area contributed by atoms with Crippen LogP contribution in [0.25, 0.3) is 0 Å². The van der Waals surface area contributed by atoms with Crippen molar-refractivity contribution in [3.63, 3.8) is 0 Å². The fraction of sp³-hybridized carbons (Fsp3) is 0.226. The minimum absolute atomic E-state index is 0.0310. The molecule has 0 aliphatic heterocycles. The van der Waals surface area contributed by atoms with Crippen LogP contribution >= 0.6 is 11.6 Å². The maximum absolute atomic E-state index is 13.1. The van der Waals surface area contributed by atoms with E-state index in [1.54, 1.807) is 30.5 Å². The molecule has 9 heteroatoms. The Morgan fingerprint density at radius 3 is 2.12 bits per heavy atom. The van der Waals surface area contributed by atoms with Crippen molar-refractivity contribution in [2.45, 2.75) is 41.8 Å². The Morgan fingerprint density at radius 1 is 0.925 bits per heavy atom. The first-order valence-corrected chi connectivity index (χ1v) is 14.6. The minimum Gasteiger partial charge on any atom is -0.465 e. The molecule has 0 aliphatic carbocycles. The van der Waals surface area contributed by atoms with E-state index in [9.17, 15) is 18.3 Å². The van der Waals surface area contributed by atoms with Crippen LogP contribution in [0.3, 0.4) is 0 Å². The molecule has 1 aromatic heterocycles. The third-order valence-corrected chi connectivity index (χ3v) is 8.75. The molecular weight excluding hydrogens is 548 g/mol. The van der Waals surface area contributed by atoms with Crippen LogP contribution in [0.2, 0.25) is 5.15 Å². The van der Waals surface area contributed by atoms with Crippen molar-refractivity contribution >= 4 is 27.4 Å². The zero-order chi connectivity index (χ0) is 28.7. The van der Waals surface area contributed by atoms with Crippen LogP contribution in [0.1, 0.15) is 40.1 Å². The molecule has 0 bridgehead atoms. The van der Waals surface area contributed by atoms with E-state index < -0.39 is 21.9 Å². The second-order valence-corrected chi connectivity index (χ2v) is 11.9. The van der Waals surface area contributed by atoms with E-state index in [1.165, 1.54) is 31.4 Å². The number of rotatable bonds is 11. The summed E-state index contributed by atoms with van der Waals surface area (Å²) in [6.45, 7) is 3.10. The van der Waals surface area contributed by atoms with Crippen molar-refractivity contribution in [3.05, 3.63) is 125 Å². The number of hydrogen-bond donors (Lipinski definition) is 1. The fourth-order valence-corrected chi connectivity index (χ4v) is 5.80. The van der Waals surface area contributed by atoms with Crippen molar-refractivity contribution in [2.24, 2.45) is 0 Å². The summed E-state index contributed by atoms with van der Waals surface area (Å²) in [5.41, 5.74) is 3.05. The van der Waals surface area contributed by atoms with Gasteiger partial charge in [0.05, 0.1) is 28.6 Å². The molecule has 0 fully saturated rings. The van der Waals surface area contributed by atoms with Gasteiger partial charge in [-0.3, -0.25) is 4.90 Å². The number of sulfone groups is 1. The molecule has 2 atom stereocenters. The summed E-state index contributed by atoms with van der Waals surface area (Å²) < 4.78 is 31.0. The van der Waals surface area contributed by atoms with Gasteiger partial charge in [-0.2, -0.15) is 0 Å². The number of hydrogen-bond acceptors (Lipinski definition) is 7. The van der Waals surface area contributed by atoms with Gasteiger partial charge < -0.3 is 9.84 Å². The normalized spacial score (nSPS) is 13.1. The highest BCUT2D eigenvalue weighted by Crippen LogP contribution is 2.24. The second kappa shape index (κ2) is 13.2. The average Bonchev–Trinajstić information content (AvgIpc) is 2.97. The number of carbonyl (C=O) groups is 1. The monoisotopic (exact) mass is 578 g/mol. The number of pyridine rings is 1. The Labute approximate surface area is 239 Å². The zero-order valence-corrected chi connectivity index (χ0v) is 23.8. The lowest BCUT2D eigenvalue weighted by atomic mass is 10.0. The third-order valence-electron chi connectivity index (χ3n) is 6.74. The molecule has 208 valence electrons. The van der Waals surface area contributed by atoms with E-state index in [1.807, 2.05) is 42.5 Å². The third kappa shape index (κ3) is 7.34. The van der Waals surface area contributed by atoms with Crippen LogP contribution in [-0.4, -0.2) is 49.1 Å². The van der Waals surface area contributed by atoms with Crippen LogP contribution in [0.15, 0.2) is 107 Å². The highest BCUT2D eigenvalue weighted by molar-refractivity contribution is 7.91. The highest BCUT2D eigenvalue weighted by Gasteiger charge is 2.22. The predicted octanol–water partition coefficient (Wildman–Crippen LogP) is 5.52. The number of aliphatic hydroxyl groups is 1. The molecule has 0 radical (unpaired) electrons. The molecule has 0 amide bonds. The maximum atomic E-state index is 13.1. The number of aliphatic hydroxyl groups excluding tert-OH is 1. The van der Waals surface area contributed by atoms with Crippen molar-refractivity contribution in [3.8, 4) is 0 Å². The molecule has 0 saturated heterocycles. The molecule has 2 unspecified atom stereocenters. The number of halogens is 1. The Bertz CT molecular complexity index is 1510. The van der Waals surface area contributed by atoms with Gasteiger partial charge in [0, 0.05) is 30.9 Å². The van der Waals surface area contributed by atoms with Gasteiger partial charge >= 0.3 is 5.97 Å². The van der Waals surface area contributed by atoms with Crippen LogP contribution in [0.4, 0.5) is 0 Å². The Hall–Kier alpha value is -3.56. The van der Waals surface area contributed by atoms with Crippen molar-refractivity contribution in [2.75, 3.05) is 13.7 Å². The van der Waals surface area contributed by atoms with Gasteiger partial charge in [0.15, 0.2) is 0 Å². The lowest BCUT2D eigenvalue weighted by molar-refractivity contribution is 0.0600. The summed E-state index contributed by atoms with van der Waals surface area (Å²) in [4.78, 5) is 18.2. The van der Waals surface area contributed by atoms with E-state index in [2.05, 4.69) is 21.5 Å².